The number of aryl methyl sites for hydroxylation is 1. The molecule has 5 aliphatic heterocycles. The summed E-state index contributed by atoms with van der Waals surface area (Å²) in [5, 5.41) is 22.4. The summed E-state index contributed by atoms with van der Waals surface area (Å²) >= 11 is 0. The number of hydrogen-bond donors (Lipinski definition) is 8. The highest BCUT2D eigenvalue weighted by molar-refractivity contribution is 7.86. The lowest BCUT2D eigenvalue weighted by molar-refractivity contribution is -0.0573. The fraction of sp³-hybridized carbons (Fsp3) is 0.369. The lowest BCUT2D eigenvalue weighted by Gasteiger charge is -2.42. The van der Waals surface area contributed by atoms with E-state index in [1.54, 1.807) is 50.5 Å². The molecule has 4 unspecified atom stereocenters. The van der Waals surface area contributed by atoms with Gasteiger partial charge in [0.1, 0.15) is 80.0 Å². The molecule has 8 atom stereocenters. The summed E-state index contributed by atoms with van der Waals surface area (Å²) in [6.45, 7) is 5.69. The molecular weight excluding hydrogens is 1540 g/mol. The molecule has 4 aromatic heterocycles. The lowest BCUT2D eigenvalue weighted by atomic mass is 9.83. The minimum absolute atomic E-state index is 0.00708. The van der Waals surface area contributed by atoms with Crippen LogP contribution in [-0.4, -0.2) is 171 Å². The number of phosphoric ester groups is 3. The number of amides is 1. The van der Waals surface area contributed by atoms with Gasteiger partial charge < -0.3 is 62.6 Å². The zero-order valence-corrected chi connectivity index (χ0v) is 62.6. The maximum absolute atomic E-state index is 14.0. The monoisotopic (exact) mass is 1610 g/mol. The quantitative estimate of drug-likeness (QED) is 0.0174. The Labute approximate surface area is 616 Å². The molecule has 39 nitrogen and oxygen atoms in total. The Kier molecular flexibility index (Phi) is 21.7. The number of anilines is 1. The second-order valence-electron chi connectivity index (χ2n) is 26.9. The van der Waals surface area contributed by atoms with E-state index in [0.717, 1.165) is 27.6 Å². The number of aromatic amines is 2. The molecule has 1 amide bonds. The summed E-state index contributed by atoms with van der Waals surface area (Å²) in [6, 6.07) is 13.1. The van der Waals surface area contributed by atoms with Gasteiger partial charge in [0, 0.05) is 90.9 Å². The summed E-state index contributed by atoms with van der Waals surface area (Å²) in [7, 11) is -22.0. The zero-order valence-electron chi connectivity index (χ0n) is 58.3. The first-order valence-electron chi connectivity index (χ1n) is 32.6. The molecule has 8 N–H and O–H groups in total. The van der Waals surface area contributed by atoms with Gasteiger partial charge in [-0.1, -0.05) is 29.2 Å². The predicted octanol–water partition coefficient (Wildman–Crippen LogP) is 1.50. The van der Waals surface area contributed by atoms with Crippen molar-refractivity contribution in [3.05, 3.63) is 200 Å². The van der Waals surface area contributed by atoms with E-state index in [4.69, 9.17) is 36.7 Å². The summed E-state index contributed by atoms with van der Waals surface area (Å²) in [6.07, 6.45) is -2.62. The maximum Gasteiger partial charge on any atom is 0.472 e. The van der Waals surface area contributed by atoms with Crippen LogP contribution >= 0.6 is 23.5 Å². The third-order valence-corrected chi connectivity index (χ3v) is 22.3. The first-order chi connectivity index (χ1) is 50.9. The first kappa shape index (κ1) is 79.3. The summed E-state index contributed by atoms with van der Waals surface area (Å²) < 4.78 is 167. The molecule has 44 heteroatoms. The Morgan fingerprint density at radius 3 is 2.02 bits per heavy atom. The molecule has 0 bridgehead atoms. The van der Waals surface area contributed by atoms with Gasteiger partial charge in [-0.15, -0.1) is 5.10 Å². The van der Waals surface area contributed by atoms with Gasteiger partial charge in [-0.3, -0.25) is 56.1 Å². The van der Waals surface area contributed by atoms with Crippen LogP contribution in [0.2, 0.25) is 0 Å². The number of carbonyl (C=O) groups excluding carboxylic acids is 1. The number of ether oxygens (including phenoxy) is 3. The van der Waals surface area contributed by atoms with Crippen molar-refractivity contribution in [2.45, 2.75) is 115 Å². The van der Waals surface area contributed by atoms with Crippen LogP contribution in [0.5, 0.6) is 11.5 Å². The van der Waals surface area contributed by atoms with Crippen LogP contribution in [0.15, 0.2) is 115 Å². The Balaban J connectivity index is 0.755. The molecule has 12 rings (SSSR count). The Morgan fingerprint density at radius 1 is 0.771 bits per heavy atom. The van der Waals surface area contributed by atoms with Crippen LogP contribution in [0.25, 0.3) is 16.7 Å². The molecule has 7 aromatic rings. The van der Waals surface area contributed by atoms with Crippen molar-refractivity contribution in [3.63, 3.8) is 0 Å². The third kappa shape index (κ3) is 18.0. The number of likely N-dealkylation sites (N-methyl/N-ethyl adjacent to an activating group) is 2. The van der Waals surface area contributed by atoms with Gasteiger partial charge in [-0.2, -0.15) is 0 Å². The fourth-order valence-corrected chi connectivity index (χ4v) is 16.4. The first-order valence-corrected chi connectivity index (χ1v) is 40.3. The van der Waals surface area contributed by atoms with Crippen LogP contribution in [-0.2, 0) is 85.7 Å². The second kappa shape index (κ2) is 29.9. The number of aromatic carboxylic acids is 1. The van der Waals surface area contributed by atoms with Crippen LogP contribution in [0.4, 0.5) is 5.69 Å². The van der Waals surface area contributed by atoms with Crippen molar-refractivity contribution < 1.29 is 115 Å². The number of rotatable bonds is 25. The molecule has 0 radical (unpaired) electrons. The number of nitrogens with one attached hydrogen (secondary N) is 3. The molecule has 580 valence electrons. The number of carbonyl (C=O) groups is 2. The Bertz CT molecular complexity index is 5830. The van der Waals surface area contributed by atoms with E-state index in [-0.39, 0.29) is 85.8 Å². The topological polar surface area (TPSA) is 547 Å². The van der Waals surface area contributed by atoms with E-state index in [2.05, 4.69) is 42.0 Å². The van der Waals surface area contributed by atoms with Gasteiger partial charge in [-0.25, -0.2) is 54.2 Å². The lowest BCUT2D eigenvalue weighted by Crippen LogP contribution is -2.47. The highest BCUT2D eigenvalue weighted by Gasteiger charge is 2.47. The number of carboxylic acid groups (broad SMARTS) is 1. The maximum atomic E-state index is 14.0. The molecule has 2 saturated heterocycles. The van der Waals surface area contributed by atoms with E-state index >= 15 is 0 Å². The van der Waals surface area contributed by atoms with E-state index in [1.807, 2.05) is 37.2 Å². The standard InChI is InChI=1S/C65H69N10O29P3S2/c1-34-25-74(62(81)67-58(34)76)55-21-52(103-106(86,87)98-28-40-12-9-15-96-40)54(102-55)30-99-107(88,89)104-51-22-56(101-53(51)29-97-105(83,84)85)75-26-36(60(78)68-63(75)82)10-8-11-39-27-73(70-69-39)33-66-59(77)35-13-14-41(44(16-35)61(79)80)57-45-17-42-37(31-108(90,91)92)23-64(2,3)71(6)47(42)19-49(45)100-50-20-48-43(18-46(50)57)38(32-109(93,94)95)24-65(4,5)72(48)7/h9,12-20,23-27,51-56H,11,21-22,28-33H2,1-7H3,(H9-,66,67,68,76,77,78,79,80,81,82,83,84,85,86,87,88,89,90,91,92,93,94,95)/p-1/t51?,52?,53-,54-,55-,56-/m1/s1. The number of benzene rings is 3. The van der Waals surface area contributed by atoms with Gasteiger partial charge in [0.15, 0.2) is 5.54 Å². The zero-order chi connectivity index (χ0) is 79.0. The van der Waals surface area contributed by atoms with Crippen LogP contribution in [0, 0.1) is 18.8 Å². The summed E-state index contributed by atoms with van der Waals surface area (Å²) in [4.78, 5) is 126. The minimum atomic E-state index is -5.42. The van der Waals surface area contributed by atoms with Gasteiger partial charge in [0.2, 0.25) is 5.36 Å². The van der Waals surface area contributed by atoms with Crippen molar-refractivity contribution >= 4 is 78.0 Å². The average molecular weight is 1610 g/mol. The van der Waals surface area contributed by atoms with E-state index in [1.165, 1.54) is 48.3 Å². The molecule has 0 spiro atoms. The smallest absolute Gasteiger partial charge is 0.472 e. The van der Waals surface area contributed by atoms with Gasteiger partial charge in [0.05, 0.1) is 92.3 Å². The van der Waals surface area contributed by atoms with E-state index in [0.29, 0.717) is 22.2 Å². The minimum Gasteiger partial charge on any atom is -0.748 e. The van der Waals surface area contributed by atoms with Crippen molar-refractivity contribution in [1.29, 1.82) is 0 Å². The fourth-order valence-electron chi connectivity index (χ4n) is 13.0. The highest BCUT2D eigenvalue weighted by Crippen LogP contribution is 2.53. The Morgan fingerprint density at radius 2 is 1.39 bits per heavy atom. The number of phosphoric acid groups is 3. The molecule has 3 aromatic carbocycles. The second-order valence-corrected chi connectivity index (χ2v) is 33.8. The van der Waals surface area contributed by atoms with Crippen molar-refractivity contribution in [1.82, 2.24) is 44.0 Å². The largest absolute Gasteiger partial charge is 0.748 e. The van der Waals surface area contributed by atoms with Crippen LogP contribution in [0.3, 0.4) is 0 Å². The van der Waals surface area contributed by atoms with E-state index in [9.17, 15) is 93.1 Å². The summed E-state index contributed by atoms with van der Waals surface area (Å²) in [5.74, 6) is 1.64. The molecule has 9 heterocycles. The highest BCUT2D eigenvalue weighted by atomic mass is 32.2. The third-order valence-electron chi connectivity index (χ3n) is 18.5. The van der Waals surface area contributed by atoms with Crippen LogP contribution < -0.4 is 52.6 Å². The number of fused-ring (bicyclic) bond motifs is 4. The van der Waals surface area contributed by atoms with Gasteiger partial charge in [0.25, 0.3) is 17.0 Å². The predicted molar refractivity (Wildman–Crippen MR) is 375 cm³/mol. The molecule has 0 aliphatic carbocycles. The SMILES string of the molecule is Cc1cn([C@H]2CC(OP(=O)(O)OCc3ccco3)[C@@H](COP(=O)(O)OC3C[C@H](n4cc(C#CCc5cn(CNC(=O)c6ccc(C7=c8cc9c(cc8Oc8cc%10c(cc87)C(CS(=O)(=O)[O-])=CC(C)(C)N%10C)=[N+](C)C(C)(C)C=C9CS(=O)(=O)[O-])c(C(=O)O)c6)nn5)c(=O)[nH]c4=O)O[C@@H]3COP(=O)(O)O)O2)c(=O)[nH]c1=O. The van der Waals surface area contributed by atoms with Crippen LogP contribution in [0.1, 0.15) is 119 Å². The Hall–Kier alpha value is -9.24. The van der Waals surface area contributed by atoms with Crippen molar-refractivity contribution in [3.8, 4) is 23.3 Å². The van der Waals surface area contributed by atoms with Gasteiger partial charge >= 0.3 is 40.8 Å². The van der Waals surface area contributed by atoms with Gasteiger partial charge in [-0.05, 0) is 80.0 Å². The van der Waals surface area contributed by atoms with Crippen molar-refractivity contribution in [2.75, 3.05) is 43.7 Å². The number of furan rings is 1. The molecular formula is C65H68N10O29P3S2-. The molecule has 0 saturated carbocycles. The number of carboxylic acids is 1. The molecule has 109 heavy (non-hydrogen) atoms. The van der Waals surface area contributed by atoms with Crippen molar-refractivity contribution in [2.24, 2.45) is 0 Å². The number of hydrogen-bond acceptors (Lipinski definition) is 27. The van der Waals surface area contributed by atoms with E-state index < -0.39 is 176 Å². The number of nitrogens with zero attached hydrogens (tertiary/aromatic N) is 7. The molecule has 5 aliphatic rings. The number of H-pyrrole nitrogens is 2. The normalized spacial score (nSPS) is 21.1. The molecule has 2 fully saturated rings. The summed E-state index contributed by atoms with van der Waals surface area (Å²) in [5.41, 5.74) is -4.44. The average Bonchev–Trinajstić information content (AvgIpc) is 1.27. The number of aromatic nitrogens is 7.